The monoisotopic (exact) mass is 254 g/mol. The Morgan fingerprint density at radius 1 is 1.29 bits per heavy atom. The summed E-state index contributed by atoms with van der Waals surface area (Å²) >= 11 is 1.37. The molecule has 0 aliphatic carbocycles. The molecule has 1 aromatic rings. The molecule has 0 fully saturated rings. The quantitative estimate of drug-likeness (QED) is 0.621. The highest BCUT2D eigenvalue weighted by Gasteiger charge is 2.04. The molecule has 1 rings (SSSR count). The van der Waals surface area contributed by atoms with Crippen LogP contribution in [0.1, 0.15) is 12.5 Å². The Morgan fingerprint density at radius 2 is 1.94 bits per heavy atom. The normalized spacial score (nSPS) is 9.94. The lowest BCUT2D eigenvalue weighted by atomic mass is 10.2. The lowest BCUT2D eigenvalue weighted by Crippen LogP contribution is -2.06. The van der Waals surface area contributed by atoms with E-state index in [4.69, 9.17) is 9.84 Å². The van der Waals surface area contributed by atoms with Gasteiger partial charge < -0.3 is 9.84 Å². The number of aliphatic carboxylic acids is 1. The molecule has 0 saturated heterocycles. The molecule has 0 aromatic heterocycles. The van der Waals surface area contributed by atoms with Crippen molar-refractivity contribution < 1.29 is 19.4 Å². The van der Waals surface area contributed by atoms with Crippen molar-refractivity contribution in [1.29, 1.82) is 0 Å². The van der Waals surface area contributed by atoms with E-state index in [0.29, 0.717) is 6.61 Å². The van der Waals surface area contributed by atoms with Gasteiger partial charge in [-0.2, -0.15) is 0 Å². The van der Waals surface area contributed by atoms with Gasteiger partial charge in [-0.25, -0.2) is 0 Å². The maximum Gasteiger partial charge on any atom is 0.316 e. The first kappa shape index (κ1) is 13.6. The van der Waals surface area contributed by atoms with Crippen molar-refractivity contribution in [2.45, 2.75) is 18.2 Å². The molecule has 0 spiro atoms. The molecule has 0 unspecified atom stereocenters. The Hall–Kier alpha value is -1.49. The largest absolute Gasteiger partial charge is 0.481 e. The molecular weight excluding hydrogens is 240 g/mol. The molecule has 0 heterocycles. The highest BCUT2D eigenvalue weighted by Crippen LogP contribution is 2.18. The maximum atomic E-state index is 11.1. The third-order valence-electron chi connectivity index (χ3n) is 1.94. The van der Waals surface area contributed by atoms with Crippen LogP contribution in [0.2, 0.25) is 0 Å². The number of hydrogen-bond donors (Lipinski definition) is 1. The number of carboxylic acid groups (broad SMARTS) is 1. The van der Waals surface area contributed by atoms with Crippen molar-refractivity contribution in [3.8, 4) is 0 Å². The maximum absolute atomic E-state index is 11.1. The van der Waals surface area contributed by atoms with Crippen molar-refractivity contribution in [3.05, 3.63) is 29.8 Å². The highest BCUT2D eigenvalue weighted by atomic mass is 32.2. The van der Waals surface area contributed by atoms with Gasteiger partial charge >= 0.3 is 11.9 Å². The number of rotatable bonds is 6. The van der Waals surface area contributed by atoms with Crippen LogP contribution >= 0.6 is 11.8 Å². The Kier molecular flexibility index (Phi) is 5.56. The lowest BCUT2D eigenvalue weighted by Gasteiger charge is -2.03. The first-order valence-electron chi connectivity index (χ1n) is 5.21. The molecule has 0 saturated carbocycles. The van der Waals surface area contributed by atoms with E-state index in [9.17, 15) is 9.59 Å². The summed E-state index contributed by atoms with van der Waals surface area (Å²) in [6.07, 6.45) is 0.0167. The van der Waals surface area contributed by atoms with Crippen LogP contribution in [0, 0.1) is 0 Å². The smallest absolute Gasteiger partial charge is 0.316 e. The Labute approximate surface area is 104 Å². The second kappa shape index (κ2) is 6.96. The van der Waals surface area contributed by atoms with Crippen molar-refractivity contribution in [2.75, 3.05) is 12.4 Å². The average molecular weight is 254 g/mol. The molecule has 0 amide bonds. The summed E-state index contributed by atoms with van der Waals surface area (Å²) in [5, 5.41) is 8.61. The first-order chi connectivity index (χ1) is 8.11. The highest BCUT2D eigenvalue weighted by molar-refractivity contribution is 8.00. The van der Waals surface area contributed by atoms with Crippen LogP contribution in [0.5, 0.6) is 0 Å². The van der Waals surface area contributed by atoms with Crippen LogP contribution in [-0.4, -0.2) is 29.4 Å². The van der Waals surface area contributed by atoms with E-state index in [1.54, 1.807) is 19.1 Å². The Balaban J connectivity index is 2.45. The van der Waals surface area contributed by atoms with Crippen LogP contribution in [0.25, 0.3) is 0 Å². The fourth-order valence-electron chi connectivity index (χ4n) is 1.22. The van der Waals surface area contributed by atoms with Gasteiger partial charge in [0.2, 0.25) is 0 Å². The standard InChI is InChI=1S/C12H14O4S/c1-2-16-12(15)8-17-10-5-3-9(4-6-10)7-11(13)14/h3-6H,2,7-8H2,1H3,(H,13,14). The minimum Gasteiger partial charge on any atom is -0.481 e. The number of carbonyl (C=O) groups excluding carboxylic acids is 1. The minimum atomic E-state index is -0.850. The predicted molar refractivity (Wildman–Crippen MR) is 65.1 cm³/mol. The number of hydrogen-bond acceptors (Lipinski definition) is 4. The number of esters is 1. The van der Waals surface area contributed by atoms with E-state index in [0.717, 1.165) is 10.5 Å². The van der Waals surface area contributed by atoms with E-state index in [2.05, 4.69) is 0 Å². The third-order valence-corrected chi connectivity index (χ3v) is 2.93. The van der Waals surface area contributed by atoms with Crippen molar-refractivity contribution in [2.24, 2.45) is 0 Å². The lowest BCUT2D eigenvalue weighted by molar-refractivity contribution is -0.140. The number of benzene rings is 1. The van der Waals surface area contributed by atoms with Gasteiger partial charge in [0.15, 0.2) is 0 Å². The van der Waals surface area contributed by atoms with Gasteiger partial charge in [0.25, 0.3) is 0 Å². The number of carbonyl (C=O) groups is 2. The van der Waals surface area contributed by atoms with Crippen LogP contribution in [-0.2, 0) is 20.7 Å². The summed E-state index contributed by atoms with van der Waals surface area (Å²) in [5.41, 5.74) is 0.748. The third kappa shape index (κ3) is 5.40. The molecule has 0 atom stereocenters. The number of ether oxygens (including phenoxy) is 1. The van der Waals surface area contributed by atoms with E-state index >= 15 is 0 Å². The average Bonchev–Trinajstić information content (AvgIpc) is 2.28. The zero-order valence-electron chi connectivity index (χ0n) is 9.51. The van der Waals surface area contributed by atoms with Crippen LogP contribution in [0.3, 0.4) is 0 Å². The van der Waals surface area contributed by atoms with Gasteiger partial charge in [-0.15, -0.1) is 11.8 Å². The first-order valence-corrected chi connectivity index (χ1v) is 6.19. The molecule has 5 heteroatoms. The summed E-state index contributed by atoms with van der Waals surface area (Å²) < 4.78 is 4.80. The molecule has 4 nitrogen and oxygen atoms in total. The fourth-order valence-corrected chi connectivity index (χ4v) is 1.92. The van der Waals surface area contributed by atoms with Gasteiger partial charge in [-0.3, -0.25) is 9.59 Å². The molecule has 92 valence electrons. The predicted octanol–water partition coefficient (Wildman–Crippen LogP) is 1.97. The van der Waals surface area contributed by atoms with Crippen LogP contribution in [0.15, 0.2) is 29.2 Å². The van der Waals surface area contributed by atoms with Crippen LogP contribution in [0.4, 0.5) is 0 Å². The second-order valence-corrected chi connectivity index (χ2v) is 4.36. The fraction of sp³-hybridized carbons (Fsp3) is 0.333. The molecule has 0 aliphatic rings. The van der Waals surface area contributed by atoms with Crippen molar-refractivity contribution in [3.63, 3.8) is 0 Å². The van der Waals surface area contributed by atoms with E-state index in [1.807, 2.05) is 12.1 Å². The second-order valence-electron chi connectivity index (χ2n) is 3.31. The summed E-state index contributed by atoms with van der Waals surface area (Å²) in [4.78, 5) is 22.5. The Bertz CT molecular complexity index is 386. The summed E-state index contributed by atoms with van der Waals surface area (Å²) in [7, 11) is 0. The zero-order chi connectivity index (χ0) is 12.7. The van der Waals surface area contributed by atoms with Gasteiger partial charge in [0, 0.05) is 4.90 Å². The van der Waals surface area contributed by atoms with E-state index < -0.39 is 5.97 Å². The number of carboxylic acids is 1. The number of thioether (sulfide) groups is 1. The Morgan fingerprint density at radius 3 is 2.47 bits per heavy atom. The molecule has 1 N–H and O–H groups in total. The van der Waals surface area contributed by atoms with Gasteiger partial charge in [0.05, 0.1) is 18.8 Å². The van der Waals surface area contributed by atoms with Gasteiger partial charge in [-0.05, 0) is 24.6 Å². The van der Waals surface area contributed by atoms with E-state index in [1.165, 1.54) is 11.8 Å². The molecule has 0 aliphatic heterocycles. The summed E-state index contributed by atoms with van der Waals surface area (Å²) in [6.45, 7) is 2.15. The SMILES string of the molecule is CCOC(=O)CSc1ccc(CC(=O)O)cc1. The molecule has 0 radical (unpaired) electrons. The van der Waals surface area contributed by atoms with Gasteiger partial charge in [-0.1, -0.05) is 12.1 Å². The van der Waals surface area contributed by atoms with E-state index in [-0.39, 0.29) is 18.1 Å². The zero-order valence-corrected chi connectivity index (χ0v) is 10.3. The summed E-state index contributed by atoms with van der Waals surface area (Å²) in [6, 6.07) is 7.12. The molecule has 17 heavy (non-hydrogen) atoms. The summed E-state index contributed by atoms with van der Waals surface area (Å²) in [5.74, 6) is -0.824. The van der Waals surface area contributed by atoms with Crippen molar-refractivity contribution in [1.82, 2.24) is 0 Å². The molecule has 1 aromatic carbocycles. The topological polar surface area (TPSA) is 63.6 Å². The molecular formula is C12H14O4S. The van der Waals surface area contributed by atoms with Gasteiger partial charge in [0.1, 0.15) is 0 Å². The minimum absolute atomic E-state index is 0.0167. The molecule has 0 bridgehead atoms. The van der Waals surface area contributed by atoms with Crippen molar-refractivity contribution >= 4 is 23.7 Å². The van der Waals surface area contributed by atoms with Crippen LogP contribution < -0.4 is 0 Å².